The summed E-state index contributed by atoms with van der Waals surface area (Å²) in [5.74, 6) is -0.413. The largest absolute Gasteiger partial charge is 0.506 e. The van der Waals surface area contributed by atoms with E-state index in [1.54, 1.807) is 37.3 Å². The Labute approximate surface area is 187 Å². The van der Waals surface area contributed by atoms with Gasteiger partial charge >= 0.3 is 13.7 Å². The summed E-state index contributed by atoms with van der Waals surface area (Å²) in [5.41, 5.74) is 0.913. The van der Waals surface area contributed by atoms with E-state index >= 15 is 0 Å². The highest BCUT2D eigenvalue weighted by molar-refractivity contribution is 7.52. The van der Waals surface area contributed by atoms with Gasteiger partial charge in [0, 0.05) is 17.3 Å². The van der Waals surface area contributed by atoms with E-state index in [0.29, 0.717) is 11.3 Å². The normalized spacial score (nSPS) is 17.0. The number of aliphatic hydroxyl groups excluding tert-OH is 1. The van der Waals surface area contributed by atoms with E-state index in [2.05, 4.69) is 10.1 Å². The smallest absolute Gasteiger partial charge is 0.459 e. The van der Waals surface area contributed by atoms with Crippen molar-refractivity contribution in [3.8, 4) is 11.5 Å². The number of hydrogen-bond acceptors (Lipinski definition) is 8. The molecule has 0 bridgehead atoms. The first-order valence-corrected chi connectivity index (χ1v) is 12.1. The van der Waals surface area contributed by atoms with Crippen molar-refractivity contribution < 1.29 is 33.4 Å². The van der Waals surface area contributed by atoms with E-state index < -0.39 is 26.4 Å². The quantitative estimate of drug-likeness (QED) is 0.356. The van der Waals surface area contributed by atoms with Gasteiger partial charge in [-0.3, -0.25) is 14.3 Å². The molecule has 1 aromatic carbocycles. The van der Waals surface area contributed by atoms with Crippen LogP contribution in [0.5, 0.6) is 11.5 Å². The number of ether oxygens (including phenoxy) is 1. The molecule has 1 aliphatic rings. The number of carbonyl (C=O) groups excluding carboxylic acids is 1. The fourth-order valence-corrected chi connectivity index (χ4v) is 4.88. The second-order valence-electron chi connectivity index (χ2n) is 7.72. The van der Waals surface area contributed by atoms with E-state index in [-0.39, 0.29) is 29.8 Å². The zero-order valence-electron chi connectivity index (χ0n) is 18.2. The van der Waals surface area contributed by atoms with E-state index in [1.807, 2.05) is 0 Å². The standard InChI is InChI=1S/C22H29N2O7P/c1-15-21(26)20(13-25)17(12-23-15)14-29-32(28,31-19-10-4-3-5-11-19)24-16(2)22(27)30-18-8-6-7-9-18/h3-5,10-12,16,18,25-26H,6-9,13-14H2,1-2H3,(H,24,28)/t16-,32?/m0/s1. The first kappa shape index (κ1) is 24.2. The molecule has 1 aromatic heterocycles. The van der Waals surface area contributed by atoms with Crippen LogP contribution >= 0.6 is 7.75 Å². The van der Waals surface area contributed by atoms with Gasteiger partial charge in [0.25, 0.3) is 0 Å². The van der Waals surface area contributed by atoms with Crippen molar-refractivity contribution in [3.63, 3.8) is 0 Å². The Bertz CT molecular complexity index is 964. The first-order valence-electron chi connectivity index (χ1n) is 10.6. The summed E-state index contributed by atoms with van der Waals surface area (Å²) >= 11 is 0. The number of aryl methyl sites for hydroxylation is 1. The van der Waals surface area contributed by atoms with E-state index in [1.165, 1.54) is 13.1 Å². The van der Waals surface area contributed by atoms with E-state index in [0.717, 1.165) is 25.7 Å². The Kier molecular flexibility index (Phi) is 8.26. The number of carbonyl (C=O) groups is 1. The molecule has 0 radical (unpaired) electrons. The van der Waals surface area contributed by atoms with Gasteiger partial charge in [-0.05, 0) is 51.7 Å². The lowest BCUT2D eigenvalue weighted by molar-refractivity contribution is -0.150. The summed E-state index contributed by atoms with van der Waals surface area (Å²) in [6, 6.07) is 7.47. The topological polar surface area (TPSA) is 127 Å². The molecular weight excluding hydrogens is 435 g/mol. The van der Waals surface area contributed by atoms with Crippen molar-refractivity contribution in [2.45, 2.75) is 64.9 Å². The third kappa shape index (κ3) is 6.29. The molecule has 0 aliphatic heterocycles. The number of benzene rings is 1. The highest BCUT2D eigenvalue weighted by atomic mass is 31.2. The molecule has 1 aliphatic carbocycles. The van der Waals surface area contributed by atoms with Crippen LogP contribution < -0.4 is 9.61 Å². The molecule has 0 saturated heterocycles. The van der Waals surface area contributed by atoms with Crippen LogP contribution in [-0.2, 0) is 31.8 Å². The minimum absolute atomic E-state index is 0.129. The molecule has 0 amide bonds. The van der Waals surface area contributed by atoms with Crippen LogP contribution in [0.2, 0.25) is 0 Å². The molecule has 1 heterocycles. The third-order valence-electron chi connectivity index (χ3n) is 5.24. The molecule has 174 valence electrons. The van der Waals surface area contributed by atoms with Gasteiger partial charge in [-0.1, -0.05) is 18.2 Å². The van der Waals surface area contributed by atoms with Crippen LogP contribution in [-0.4, -0.2) is 33.3 Å². The van der Waals surface area contributed by atoms with Crippen LogP contribution in [0.4, 0.5) is 0 Å². The van der Waals surface area contributed by atoms with Crippen LogP contribution in [0, 0.1) is 6.92 Å². The fourth-order valence-electron chi connectivity index (χ4n) is 3.41. The molecule has 9 nitrogen and oxygen atoms in total. The van der Waals surface area contributed by atoms with Gasteiger partial charge in [0.05, 0.1) is 18.9 Å². The second kappa shape index (κ2) is 10.9. The highest BCUT2D eigenvalue weighted by Crippen LogP contribution is 2.46. The van der Waals surface area contributed by atoms with Gasteiger partial charge in [0.15, 0.2) is 0 Å². The molecule has 3 N–H and O–H groups in total. The lowest BCUT2D eigenvalue weighted by Gasteiger charge is -2.24. The third-order valence-corrected chi connectivity index (χ3v) is 6.86. The molecule has 3 rings (SSSR count). The number of aromatic hydroxyl groups is 1. The van der Waals surface area contributed by atoms with Gasteiger partial charge in [0.1, 0.15) is 23.6 Å². The van der Waals surface area contributed by atoms with Crippen molar-refractivity contribution in [3.05, 3.63) is 53.3 Å². The van der Waals surface area contributed by atoms with E-state index in [9.17, 15) is 19.6 Å². The number of esters is 1. The Balaban J connectivity index is 1.76. The number of rotatable bonds is 10. The van der Waals surface area contributed by atoms with Gasteiger partial charge in [-0.2, -0.15) is 5.09 Å². The number of para-hydroxylation sites is 1. The Morgan fingerprint density at radius 3 is 2.62 bits per heavy atom. The van der Waals surface area contributed by atoms with Crippen LogP contribution in [0.3, 0.4) is 0 Å². The predicted molar refractivity (Wildman–Crippen MR) is 117 cm³/mol. The Morgan fingerprint density at radius 2 is 1.97 bits per heavy atom. The van der Waals surface area contributed by atoms with Crippen molar-refractivity contribution in [1.29, 1.82) is 0 Å². The molecule has 1 unspecified atom stereocenters. The van der Waals surface area contributed by atoms with Crippen molar-refractivity contribution >= 4 is 13.7 Å². The predicted octanol–water partition coefficient (Wildman–Crippen LogP) is 3.76. The maximum absolute atomic E-state index is 13.6. The molecule has 10 heteroatoms. The number of nitrogens with zero attached hydrogens (tertiary/aromatic N) is 1. The van der Waals surface area contributed by atoms with Gasteiger partial charge < -0.3 is 19.5 Å². The van der Waals surface area contributed by atoms with Crippen molar-refractivity contribution in [1.82, 2.24) is 10.1 Å². The number of pyridine rings is 1. The summed E-state index contributed by atoms with van der Waals surface area (Å²) in [5, 5.41) is 22.4. The average molecular weight is 464 g/mol. The van der Waals surface area contributed by atoms with Gasteiger partial charge in [-0.15, -0.1) is 0 Å². The number of nitrogens with one attached hydrogen (secondary N) is 1. The Hall–Kier alpha value is -2.45. The average Bonchev–Trinajstić information content (AvgIpc) is 3.28. The minimum atomic E-state index is -4.06. The minimum Gasteiger partial charge on any atom is -0.506 e. The van der Waals surface area contributed by atoms with Crippen LogP contribution in [0.1, 0.15) is 49.4 Å². The molecular formula is C22H29N2O7P. The zero-order chi connectivity index (χ0) is 23.1. The van der Waals surface area contributed by atoms with Gasteiger partial charge in [-0.25, -0.2) is 4.57 Å². The maximum atomic E-state index is 13.6. The SMILES string of the molecule is Cc1ncc(COP(=O)(N[C@@H](C)C(=O)OC2CCCC2)Oc2ccccc2)c(CO)c1O. The summed E-state index contributed by atoms with van der Waals surface area (Å²) in [4.78, 5) is 16.5. The lowest BCUT2D eigenvalue weighted by Crippen LogP contribution is -2.36. The lowest BCUT2D eigenvalue weighted by atomic mass is 10.1. The van der Waals surface area contributed by atoms with Gasteiger partial charge in [0.2, 0.25) is 0 Å². The van der Waals surface area contributed by atoms with Crippen LogP contribution in [0.25, 0.3) is 0 Å². The van der Waals surface area contributed by atoms with Crippen LogP contribution in [0.15, 0.2) is 36.5 Å². The molecule has 1 saturated carbocycles. The fraction of sp³-hybridized carbons (Fsp3) is 0.455. The maximum Gasteiger partial charge on any atom is 0.459 e. The molecule has 1 fully saturated rings. The number of hydrogen-bond donors (Lipinski definition) is 3. The van der Waals surface area contributed by atoms with E-state index in [4.69, 9.17) is 13.8 Å². The summed E-state index contributed by atoms with van der Waals surface area (Å²) in [6.07, 6.45) is 4.97. The summed E-state index contributed by atoms with van der Waals surface area (Å²) in [7, 11) is -4.06. The second-order valence-corrected chi connectivity index (χ2v) is 9.42. The zero-order valence-corrected chi connectivity index (χ0v) is 19.1. The number of aromatic nitrogens is 1. The highest BCUT2D eigenvalue weighted by Gasteiger charge is 2.34. The molecule has 0 spiro atoms. The monoisotopic (exact) mass is 464 g/mol. The molecule has 2 aromatic rings. The Morgan fingerprint density at radius 1 is 1.28 bits per heavy atom. The summed E-state index contributed by atoms with van der Waals surface area (Å²) < 4.78 is 30.2. The van der Waals surface area contributed by atoms with Crippen molar-refractivity contribution in [2.75, 3.05) is 0 Å². The van der Waals surface area contributed by atoms with Crippen molar-refractivity contribution in [2.24, 2.45) is 0 Å². The number of aliphatic hydroxyl groups is 1. The molecule has 2 atom stereocenters. The first-order chi connectivity index (χ1) is 15.3. The molecule has 32 heavy (non-hydrogen) atoms. The summed E-state index contributed by atoms with van der Waals surface area (Å²) in [6.45, 7) is 2.40.